The first-order chi connectivity index (χ1) is 7.72. The molecular formula is C13H20N2O. The standard InChI is InChI=1S/C13H20N2O/c1-3-11-5-7-12(8-6-11)15(10-9-14)13(16)4-2/h5-8H,3-4,9-10,14H2,1-2H3. The van der Waals surface area contributed by atoms with Gasteiger partial charge in [0.05, 0.1) is 0 Å². The number of carbonyl (C=O) groups excluding carboxylic acids is 1. The van der Waals surface area contributed by atoms with Gasteiger partial charge in [-0.3, -0.25) is 4.79 Å². The number of amides is 1. The van der Waals surface area contributed by atoms with E-state index in [-0.39, 0.29) is 5.91 Å². The van der Waals surface area contributed by atoms with Crippen molar-refractivity contribution >= 4 is 11.6 Å². The van der Waals surface area contributed by atoms with E-state index >= 15 is 0 Å². The van der Waals surface area contributed by atoms with Crippen LogP contribution in [0.4, 0.5) is 5.69 Å². The number of carbonyl (C=O) groups is 1. The Kier molecular flexibility index (Phi) is 4.99. The van der Waals surface area contributed by atoms with Gasteiger partial charge in [0.15, 0.2) is 0 Å². The van der Waals surface area contributed by atoms with Crippen molar-refractivity contribution in [3.05, 3.63) is 29.8 Å². The van der Waals surface area contributed by atoms with Gasteiger partial charge in [0.2, 0.25) is 5.91 Å². The smallest absolute Gasteiger partial charge is 0.226 e. The average molecular weight is 220 g/mol. The summed E-state index contributed by atoms with van der Waals surface area (Å²) in [5, 5.41) is 0. The number of nitrogens with two attached hydrogens (primary N) is 1. The zero-order valence-electron chi connectivity index (χ0n) is 10.1. The molecule has 0 saturated heterocycles. The molecule has 0 atom stereocenters. The third-order valence-corrected chi connectivity index (χ3v) is 2.61. The van der Waals surface area contributed by atoms with Gasteiger partial charge in [0, 0.05) is 25.2 Å². The molecule has 16 heavy (non-hydrogen) atoms. The molecule has 0 aliphatic heterocycles. The van der Waals surface area contributed by atoms with E-state index in [9.17, 15) is 4.79 Å². The molecule has 1 amide bonds. The molecule has 88 valence electrons. The van der Waals surface area contributed by atoms with Gasteiger partial charge in [-0.15, -0.1) is 0 Å². The van der Waals surface area contributed by atoms with Gasteiger partial charge in [0.1, 0.15) is 0 Å². The van der Waals surface area contributed by atoms with Crippen LogP contribution in [0.25, 0.3) is 0 Å². The summed E-state index contributed by atoms with van der Waals surface area (Å²) in [5.74, 6) is 0.120. The van der Waals surface area contributed by atoms with Crippen LogP contribution in [0, 0.1) is 0 Å². The van der Waals surface area contributed by atoms with E-state index in [0.29, 0.717) is 19.5 Å². The van der Waals surface area contributed by atoms with Crippen molar-refractivity contribution in [2.24, 2.45) is 5.73 Å². The Hall–Kier alpha value is -1.35. The Bertz CT molecular complexity index is 332. The van der Waals surface area contributed by atoms with Gasteiger partial charge in [-0.25, -0.2) is 0 Å². The van der Waals surface area contributed by atoms with E-state index < -0.39 is 0 Å². The molecule has 0 unspecified atom stereocenters. The van der Waals surface area contributed by atoms with Crippen molar-refractivity contribution in [1.82, 2.24) is 0 Å². The van der Waals surface area contributed by atoms with E-state index in [1.54, 1.807) is 4.90 Å². The van der Waals surface area contributed by atoms with Gasteiger partial charge in [-0.05, 0) is 24.1 Å². The number of anilines is 1. The number of hydrogen-bond acceptors (Lipinski definition) is 2. The van der Waals surface area contributed by atoms with Gasteiger partial charge in [-0.1, -0.05) is 26.0 Å². The fourth-order valence-electron chi connectivity index (χ4n) is 1.63. The lowest BCUT2D eigenvalue weighted by molar-refractivity contribution is -0.118. The fraction of sp³-hybridized carbons (Fsp3) is 0.462. The van der Waals surface area contributed by atoms with Crippen LogP contribution in [0.3, 0.4) is 0 Å². The first-order valence-electron chi connectivity index (χ1n) is 5.82. The predicted molar refractivity (Wildman–Crippen MR) is 67.5 cm³/mol. The van der Waals surface area contributed by atoms with E-state index in [4.69, 9.17) is 5.73 Å². The molecule has 0 aliphatic rings. The van der Waals surface area contributed by atoms with Gasteiger partial charge in [0.25, 0.3) is 0 Å². The molecule has 2 N–H and O–H groups in total. The second kappa shape index (κ2) is 6.28. The van der Waals surface area contributed by atoms with Crippen molar-refractivity contribution in [3.8, 4) is 0 Å². The molecule has 0 bridgehead atoms. The lowest BCUT2D eigenvalue weighted by Gasteiger charge is -2.21. The molecular weight excluding hydrogens is 200 g/mol. The molecule has 1 aromatic carbocycles. The second-order valence-corrected chi connectivity index (χ2v) is 3.71. The highest BCUT2D eigenvalue weighted by atomic mass is 16.2. The molecule has 0 aliphatic carbocycles. The fourth-order valence-corrected chi connectivity index (χ4v) is 1.63. The molecule has 0 saturated carbocycles. The Labute approximate surface area is 97.2 Å². The Morgan fingerprint density at radius 2 is 1.88 bits per heavy atom. The Balaban J connectivity index is 2.87. The average Bonchev–Trinajstić information content (AvgIpc) is 2.35. The van der Waals surface area contributed by atoms with Crippen LogP contribution in [0.1, 0.15) is 25.8 Å². The SMILES string of the molecule is CCC(=O)N(CCN)c1ccc(CC)cc1. The Morgan fingerprint density at radius 1 is 1.25 bits per heavy atom. The van der Waals surface area contributed by atoms with Crippen molar-refractivity contribution in [2.75, 3.05) is 18.0 Å². The van der Waals surface area contributed by atoms with Crippen LogP contribution in [-0.2, 0) is 11.2 Å². The molecule has 1 rings (SSSR count). The van der Waals surface area contributed by atoms with Crippen LogP contribution in [0.5, 0.6) is 0 Å². The van der Waals surface area contributed by atoms with E-state index in [2.05, 4.69) is 19.1 Å². The second-order valence-electron chi connectivity index (χ2n) is 3.71. The summed E-state index contributed by atoms with van der Waals surface area (Å²) in [6.07, 6.45) is 1.52. The number of benzene rings is 1. The largest absolute Gasteiger partial charge is 0.329 e. The highest BCUT2D eigenvalue weighted by molar-refractivity contribution is 5.93. The highest BCUT2D eigenvalue weighted by Gasteiger charge is 2.12. The third-order valence-electron chi connectivity index (χ3n) is 2.61. The maximum Gasteiger partial charge on any atom is 0.226 e. The van der Waals surface area contributed by atoms with Crippen LogP contribution in [0.2, 0.25) is 0 Å². The minimum absolute atomic E-state index is 0.120. The zero-order chi connectivity index (χ0) is 12.0. The van der Waals surface area contributed by atoms with E-state index in [1.807, 2.05) is 19.1 Å². The maximum atomic E-state index is 11.7. The van der Waals surface area contributed by atoms with Gasteiger partial charge < -0.3 is 10.6 Å². The van der Waals surface area contributed by atoms with Crippen molar-refractivity contribution in [2.45, 2.75) is 26.7 Å². The number of rotatable bonds is 5. The summed E-state index contributed by atoms with van der Waals surface area (Å²) in [4.78, 5) is 13.5. The summed E-state index contributed by atoms with van der Waals surface area (Å²) in [6.45, 7) is 5.05. The van der Waals surface area contributed by atoms with E-state index in [1.165, 1.54) is 5.56 Å². The quantitative estimate of drug-likeness (QED) is 0.824. The molecule has 3 heteroatoms. The number of hydrogen-bond donors (Lipinski definition) is 1. The molecule has 0 fully saturated rings. The summed E-state index contributed by atoms with van der Waals surface area (Å²) in [6, 6.07) is 8.09. The minimum atomic E-state index is 0.120. The summed E-state index contributed by atoms with van der Waals surface area (Å²) >= 11 is 0. The lowest BCUT2D eigenvalue weighted by Crippen LogP contribution is -2.34. The lowest BCUT2D eigenvalue weighted by atomic mass is 10.1. The normalized spacial score (nSPS) is 10.2. The minimum Gasteiger partial charge on any atom is -0.329 e. The van der Waals surface area contributed by atoms with Crippen molar-refractivity contribution in [1.29, 1.82) is 0 Å². The van der Waals surface area contributed by atoms with E-state index in [0.717, 1.165) is 12.1 Å². The third kappa shape index (κ3) is 3.07. The van der Waals surface area contributed by atoms with Gasteiger partial charge in [-0.2, -0.15) is 0 Å². The first kappa shape index (κ1) is 12.7. The molecule has 0 aromatic heterocycles. The van der Waals surface area contributed by atoms with Crippen LogP contribution < -0.4 is 10.6 Å². The number of nitrogens with zero attached hydrogens (tertiary/aromatic N) is 1. The molecule has 0 heterocycles. The molecule has 0 radical (unpaired) electrons. The highest BCUT2D eigenvalue weighted by Crippen LogP contribution is 2.16. The molecule has 3 nitrogen and oxygen atoms in total. The number of aryl methyl sites for hydroxylation is 1. The van der Waals surface area contributed by atoms with Gasteiger partial charge >= 0.3 is 0 Å². The monoisotopic (exact) mass is 220 g/mol. The van der Waals surface area contributed by atoms with Crippen molar-refractivity contribution < 1.29 is 4.79 Å². The Morgan fingerprint density at radius 3 is 2.31 bits per heavy atom. The molecule has 0 spiro atoms. The summed E-state index contributed by atoms with van der Waals surface area (Å²) in [7, 11) is 0. The predicted octanol–water partition coefficient (Wildman–Crippen LogP) is 1.95. The van der Waals surface area contributed by atoms with Crippen LogP contribution in [0.15, 0.2) is 24.3 Å². The van der Waals surface area contributed by atoms with Crippen LogP contribution in [-0.4, -0.2) is 19.0 Å². The summed E-state index contributed by atoms with van der Waals surface area (Å²) < 4.78 is 0. The van der Waals surface area contributed by atoms with Crippen molar-refractivity contribution in [3.63, 3.8) is 0 Å². The zero-order valence-corrected chi connectivity index (χ0v) is 10.1. The topological polar surface area (TPSA) is 46.3 Å². The molecule has 1 aromatic rings. The first-order valence-corrected chi connectivity index (χ1v) is 5.82. The summed E-state index contributed by atoms with van der Waals surface area (Å²) in [5.41, 5.74) is 7.74. The van der Waals surface area contributed by atoms with Crippen LogP contribution >= 0.6 is 0 Å². The maximum absolute atomic E-state index is 11.7.